The summed E-state index contributed by atoms with van der Waals surface area (Å²) in [5.74, 6) is -0.402. The third-order valence-corrected chi connectivity index (χ3v) is 4.54. The third kappa shape index (κ3) is 3.61. The number of amidine groups is 1. The predicted molar refractivity (Wildman–Crippen MR) is 81.7 cm³/mol. The first-order valence-corrected chi connectivity index (χ1v) is 7.78. The number of fused-ring (bicyclic) bond motifs is 1. The van der Waals surface area contributed by atoms with Crippen molar-refractivity contribution in [3.8, 4) is 5.75 Å². The number of nitrogens with one attached hydrogen (secondary N) is 1. The van der Waals surface area contributed by atoms with Crippen LogP contribution in [0.5, 0.6) is 5.75 Å². The smallest absolute Gasteiger partial charge is 0.387 e. The maximum Gasteiger partial charge on any atom is 0.387 e. The molecule has 2 amide bonds. The molecule has 0 spiro atoms. The van der Waals surface area contributed by atoms with Crippen molar-refractivity contribution >= 4 is 34.4 Å². The topological polar surface area (TPSA) is 71.0 Å². The maximum absolute atomic E-state index is 12.1. The third-order valence-electron chi connectivity index (χ3n) is 3.32. The number of hydrogen-bond acceptors (Lipinski definition) is 5. The molecule has 2 heterocycles. The number of carbonyl (C=O) groups is 2. The van der Waals surface area contributed by atoms with Gasteiger partial charge in [0.05, 0.1) is 6.54 Å². The summed E-state index contributed by atoms with van der Waals surface area (Å²) >= 11 is 1.30. The van der Waals surface area contributed by atoms with Crippen LogP contribution >= 0.6 is 11.8 Å². The largest absolute Gasteiger partial charge is 0.435 e. The van der Waals surface area contributed by atoms with Gasteiger partial charge in [0.2, 0.25) is 11.8 Å². The number of hydrogen-bond donors (Lipinski definition) is 1. The number of alkyl halides is 2. The quantitative estimate of drug-likeness (QED) is 0.888. The average Bonchev–Trinajstić information content (AvgIpc) is 3.05. The summed E-state index contributed by atoms with van der Waals surface area (Å²) in [6.07, 6.45) is 0.0360. The number of halogens is 2. The number of amides is 2. The van der Waals surface area contributed by atoms with Crippen LogP contribution in [0, 0.1) is 0 Å². The van der Waals surface area contributed by atoms with Crippen molar-refractivity contribution in [3.63, 3.8) is 0 Å². The van der Waals surface area contributed by atoms with Crippen molar-refractivity contribution < 1.29 is 23.1 Å². The van der Waals surface area contributed by atoms with Crippen LogP contribution in [0.4, 0.5) is 14.5 Å². The van der Waals surface area contributed by atoms with Crippen molar-refractivity contribution in [1.82, 2.24) is 4.90 Å². The Hall–Kier alpha value is -2.16. The Morgan fingerprint density at radius 3 is 2.83 bits per heavy atom. The molecule has 0 unspecified atom stereocenters. The van der Waals surface area contributed by atoms with Gasteiger partial charge in [-0.2, -0.15) is 8.78 Å². The van der Waals surface area contributed by atoms with Gasteiger partial charge in [0.1, 0.15) is 11.0 Å². The van der Waals surface area contributed by atoms with Crippen molar-refractivity contribution in [2.45, 2.75) is 18.3 Å². The van der Waals surface area contributed by atoms with Crippen molar-refractivity contribution in [1.29, 1.82) is 0 Å². The zero-order valence-corrected chi connectivity index (χ0v) is 12.7. The van der Waals surface area contributed by atoms with Crippen molar-refractivity contribution in [2.75, 3.05) is 18.4 Å². The second kappa shape index (κ2) is 6.53. The number of rotatable bonds is 5. The Labute approximate surface area is 134 Å². The summed E-state index contributed by atoms with van der Waals surface area (Å²) in [5, 5.41) is 2.85. The molecular formula is C14H13F2N3O3S. The number of thioether (sulfide) groups is 1. The number of ether oxygens (including phenoxy) is 1. The molecule has 0 saturated carbocycles. The highest BCUT2D eigenvalue weighted by molar-refractivity contribution is 8.15. The first kappa shape index (κ1) is 15.7. The van der Waals surface area contributed by atoms with Crippen LogP contribution in [0.1, 0.15) is 6.42 Å². The van der Waals surface area contributed by atoms with Gasteiger partial charge in [0, 0.05) is 18.7 Å². The van der Waals surface area contributed by atoms with Crippen molar-refractivity contribution in [3.05, 3.63) is 24.3 Å². The van der Waals surface area contributed by atoms with Gasteiger partial charge in [-0.1, -0.05) is 11.8 Å². The molecule has 1 aromatic rings. The van der Waals surface area contributed by atoms with Gasteiger partial charge >= 0.3 is 6.61 Å². The van der Waals surface area contributed by atoms with Crippen LogP contribution in [-0.4, -0.2) is 46.8 Å². The molecule has 6 nitrogen and oxygen atoms in total. The van der Waals surface area contributed by atoms with Crippen molar-refractivity contribution in [2.24, 2.45) is 4.99 Å². The minimum atomic E-state index is -2.89. The molecule has 23 heavy (non-hydrogen) atoms. The summed E-state index contributed by atoms with van der Waals surface area (Å²) in [6, 6.07) is 5.59. The lowest BCUT2D eigenvalue weighted by molar-refractivity contribution is -0.127. The summed E-state index contributed by atoms with van der Waals surface area (Å²) < 4.78 is 28.3. The Bertz CT molecular complexity index is 651. The predicted octanol–water partition coefficient (Wildman–Crippen LogP) is 1.93. The first-order chi connectivity index (χ1) is 11.0. The zero-order valence-electron chi connectivity index (χ0n) is 11.9. The standard InChI is InChI=1S/C14H13F2N3O3S/c15-13(16)22-9-3-1-8(2-4-9)18-11(20)7-10-12(21)19-6-5-17-14(19)23-10/h1-4,10,13H,5-7H2,(H,18,20)/t10-/m0/s1. The molecule has 1 atom stereocenters. The van der Waals surface area contributed by atoms with Crippen LogP contribution in [0.2, 0.25) is 0 Å². The summed E-state index contributed by atoms with van der Waals surface area (Å²) in [6.45, 7) is -1.71. The van der Waals surface area contributed by atoms with E-state index in [1.165, 1.54) is 36.0 Å². The maximum atomic E-state index is 12.1. The molecule has 9 heteroatoms. The molecule has 122 valence electrons. The number of benzene rings is 1. The monoisotopic (exact) mass is 341 g/mol. The Kier molecular flexibility index (Phi) is 4.46. The normalized spacial score (nSPS) is 19.8. The minimum Gasteiger partial charge on any atom is -0.435 e. The van der Waals surface area contributed by atoms with Gasteiger partial charge in [-0.25, -0.2) is 0 Å². The minimum absolute atomic E-state index is 0.0122. The molecule has 2 aliphatic heterocycles. The summed E-state index contributed by atoms with van der Waals surface area (Å²) in [4.78, 5) is 29.9. The van der Waals surface area contributed by atoms with E-state index in [2.05, 4.69) is 15.0 Å². The molecule has 3 rings (SSSR count). The van der Waals surface area contributed by atoms with E-state index in [0.717, 1.165) is 0 Å². The van der Waals surface area contributed by atoms with Gasteiger partial charge in [-0.3, -0.25) is 19.5 Å². The number of aliphatic imine (C=N–C) groups is 1. The zero-order chi connectivity index (χ0) is 16.4. The SMILES string of the molecule is O=C(C[C@@H]1SC2=NCCN2C1=O)Nc1ccc(OC(F)F)cc1. The lowest BCUT2D eigenvalue weighted by atomic mass is 10.2. The average molecular weight is 341 g/mol. The molecule has 0 aromatic heterocycles. The van der Waals surface area contributed by atoms with Gasteiger partial charge < -0.3 is 10.1 Å². The fraction of sp³-hybridized carbons (Fsp3) is 0.357. The van der Waals surface area contributed by atoms with Crippen LogP contribution in [0.15, 0.2) is 29.3 Å². The number of nitrogens with zero attached hydrogens (tertiary/aromatic N) is 2. The van der Waals surface area contributed by atoms with E-state index in [1.807, 2.05) is 0 Å². The Balaban J connectivity index is 1.54. The lowest BCUT2D eigenvalue weighted by Gasteiger charge is -2.11. The van der Waals surface area contributed by atoms with E-state index >= 15 is 0 Å². The molecule has 1 saturated heterocycles. The molecular weight excluding hydrogens is 328 g/mol. The van der Waals surface area contributed by atoms with Crippen LogP contribution in [0.25, 0.3) is 0 Å². The van der Waals surface area contributed by atoms with Gasteiger partial charge in [0.15, 0.2) is 5.17 Å². The molecule has 0 radical (unpaired) electrons. The Morgan fingerprint density at radius 2 is 2.17 bits per heavy atom. The van der Waals surface area contributed by atoms with Crippen LogP contribution in [-0.2, 0) is 9.59 Å². The molecule has 0 aliphatic carbocycles. The van der Waals surface area contributed by atoms with E-state index in [0.29, 0.717) is 23.9 Å². The van der Waals surface area contributed by atoms with Crippen LogP contribution in [0.3, 0.4) is 0 Å². The highest BCUT2D eigenvalue weighted by Crippen LogP contribution is 2.31. The second-order valence-electron chi connectivity index (χ2n) is 4.92. The van der Waals surface area contributed by atoms with E-state index < -0.39 is 11.9 Å². The highest BCUT2D eigenvalue weighted by atomic mass is 32.2. The number of anilines is 1. The van der Waals surface area contributed by atoms with Gasteiger partial charge in [-0.05, 0) is 24.3 Å². The molecule has 0 bridgehead atoms. The van der Waals surface area contributed by atoms with E-state index in [4.69, 9.17) is 0 Å². The van der Waals surface area contributed by atoms with E-state index in [-0.39, 0.29) is 24.0 Å². The molecule has 1 N–H and O–H groups in total. The lowest BCUT2D eigenvalue weighted by Crippen LogP contribution is -2.32. The van der Waals surface area contributed by atoms with Gasteiger partial charge in [-0.15, -0.1) is 0 Å². The first-order valence-electron chi connectivity index (χ1n) is 6.90. The van der Waals surface area contributed by atoms with Gasteiger partial charge in [0.25, 0.3) is 0 Å². The number of carbonyl (C=O) groups excluding carboxylic acids is 2. The highest BCUT2D eigenvalue weighted by Gasteiger charge is 2.40. The molecule has 1 aromatic carbocycles. The van der Waals surface area contributed by atoms with E-state index in [1.54, 1.807) is 4.90 Å². The fourth-order valence-electron chi connectivity index (χ4n) is 2.31. The summed E-state index contributed by atoms with van der Waals surface area (Å²) in [5.41, 5.74) is 0.449. The Morgan fingerprint density at radius 1 is 1.43 bits per heavy atom. The fourth-order valence-corrected chi connectivity index (χ4v) is 3.50. The van der Waals surface area contributed by atoms with E-state index in [9.17, 15) is 18.4 Å². The second-order valence-corrected chi connectivity index (χ2v) is 6.09. The molecule has 1 fully saturated rings. The molecule has 2 aliphatic rings. The van der Waals surface area contributed by atoms with Crippen LogP contribution < -0.4 is 10.1 Å². The summed E-state index contributed by atoms with van der Waals surface area (Å²) in [7, 11) is 0.